The number of carbonyl (C=O) groups is 1. The number of carbonyl (C=O) groups excluding carboxylic acids is 1. The predicted molar refractivity (Wildman–Crippen MR) is 143 cm³/mol. The summed E-state index contributed by atoms with van der Waals surface area (Å²) in [6, 6.07) is 7.81. The molecule has 1 aromatic heterocycles. The van der Waals surface area contributed by atoms with Crippen LogP contribution in [0.1, 0.15) is 88.2 Å². The van der Waals surface area contributed by atoms with Crippen LogP contribution >= 0.6 is 0 Å². The molecule has 0 spiro atoms. The van der Waals surface area contributed by atoms with Crippen molar-refractivity contribution in [3.8, 4) is 6.07 Å². The lowest BCUT2D eigenvalue weighted by Gasteiger charge is -2.55. The van der Waals surface area contributed by atoms with E-state index in [0.29, 0.717) is 5.69 Å². The van der Waals surface area contributed by atoms with Crippen molar-refractivity contribution in [1.29, 1.82) is 5.26 Å². The highest BCUT2D eigenvalue weighted by molar-refractivity contribution is 6.03. The molecule has 5 atom stereocenters. The molecule has 7 nitrogen and oxygen atoms in total. The third-order valence-electron chi connectivity index (χ3n) is 9.18. The fourth-order valence-corrected chi connectivity index (χ4v) is 6.25. The molecule has 7 heteroatoms. The Bertz CT molecular complexity index is 1340. The van der Waals surface area contributed by atoms with Crippen molar-refractivity contribution < 1.29 is 14.6 Å². The van der Waals surface area contributed by atoms with Gasteiger partial charge in [0.05, 0.1) is 17.4 Å². The smallest absolute Gasteiger partial charge is 0.291 e. The van der Waals surface area contributed by atoms with E-state index in [2.05, 4.69) is 47.4 Å². The van der Waals surface area contributed by atoms with Crippen molar-refractivity contribution in [2.24, 2.45) is 17.3 Å². The van der Waals surface area contributed by atoms with Gasteiger partial charge >= 0.3 is 0 Å². The summed E-state index contributed by atoms with van der Waals surface area (Å²) in [7, 11) is 0. The average molecular weight is 501 g/mol. The first-order valence-electron chi connectivity index (χ1n) is 13.0. The molecule has 1 amide bonds. The molecule has 0 saturated carbocycles. The van der Waals surface area contributed by atoms with Crippen LogP contribution in [0.15, 0.2) is 42.6 Å². The van der Waals surface area contributed by atoms with Crippen molar-refractivity contribution in [2.75, 3.05) is 5.32 Å². The molecule has 3 heterocycles. The summed E-state index contributed by atoms with van der Waals surface area (Å²) in [5.41, 5.74) is 1.70. The maximum Gasteiger partial charge on any atom is 0.291 e. The molecule has 3 aliphatic rings. The number of anilines is 1. The number of aliphatic hydroxyl groups is 1. The van der Waals surface area contributed by atoms with Crippen LogP contribution in [0.5, 0.6) is 0 Å². The van der Waals surface area contributed by atoms with Gasteiger partial charge in [0, 0.05) is 23.1 Å². The summed E-state index contributed by atoms with van der Waals surface area (Å²) in [5.74, 6) is -0.719. The van der Waals surface area contributed by atoms with Crippen molar-refractivity contribution in [1.82, 2.24) is 9.97 Å². The molecular weight excluding hydrogens is 464 g/mol. The van der Waals surface area contributed by atoms with Crippen LogP contribution < -0.4 is 5.32 Å². The van der Waals surface area contributed by atoms with Crippen LogP contribution in [-0.2, 0) is 10.3 Å². The zero-order valence-corrected chi connectivity index (χ0v) is 22.5. The van der Waals surface area contributed by atoms with Gasteiger partial charge in [-0.3, -0.25) is 4.79 Å². The van der Waals surface area contributed by atoms with Crippen LogP contribution in [0.25, 0.3) is 5.57 Å². The van der Waals surface area contributed by atoms with Gasteiger partial charge in [0.25, 0.3) is 5.91 Å². The first-order valence-corrected chi connectivity index (χ1v) is 13.0. The molecule has 3 N–H and O–H groups in total. The second-order valence-electron chi connectivity index (χ2n) is 12.1. The van der Waals surface area contributed by atoms with Crippen molar-refractivity contribution in [2.45, 2.75) is 77.6 Å². The minimum atomic E-state index is -1.14. The van der Waals surface area contributed by atoms with E-state index in [1.54, 1.807) is 0 Å². The summed E-state index contributed by atoms with van der Waals surface area (Å²) >= 11 is 0. The van der Waals surface area contributed by atoms with E-state index >= 15 is 0 Å². The number of aromatic nitrogens is 2. The van der Waals surface area contributed by atoms with Gasteiger partial charge in [-0.2, -0.15) is 5.26 Å². The van der Waals surface area contributed by atoms with E-state index in [-0.39, 0.29) is 28.8 Å². The number of nitriles is 1. The Morgan fingerprint density at radius 2 is 1.86 bits per heavy atom. The number of H-pyrrole nitrogens is 1. The standard InChI is InChI=1S/C30H36N4O3/c1-18-28(5)13-14-29(6,37-28)19(2)30(18,36)21-7-8-24(34-26(35)25-32-17-22(16-31)33-25)23(15-21)20-9-11-27(3,4)12-10-20/h7-9,13-15,17-19,36H,10-12H2,1-6H3,(H,32,33)(H,34,35)/t18-,19+,28+,29-,30?. The van der Waals surface area contributed by atoms with Gasteiger partial charge in [-0.15, -0.1) is 0 Å². The number of fused-ring (bicyclic) bond motifs is 2. The average Bonchev–Trinajstić information content (AvgIpc) is 3.47. The van der Waals surface area contributed by atoms with Crippen LogP contribution in [0.4, 0.5) is 5.69 Å². The largest absolute Gasteiger partial charge is 0.384 e. The first kappa shape index (κ1) is 25.4. The molecule has 37 heavy (non-hydrogen) atoms. The Morgan fingerprint density at radius 1 is 1.19 bits per heavy atom. The quantitative estimate of drug-likeness (QED) is 0.466. The highest BCUT2D eigenvalue weighted by Crippen LogP contribution is 2.58. The van der Waals surface area contributed by atoms with Crippen molar-refractivity contribution in [3.05, 3.63) is 65.3 Å². The number of nitrogens with zero attached hydrogens (tertiary/aromatic N) is 2. The van der Waals surface area contributed by atoms with Gasteiger partial charge in [-0.05, 0) is 61.8 Å². The highest BCUT2D eigenvalue weighted by Gasteiger charge is 2.63. The molecule has 1 aromatic carbocycles. The number of hydrogen-bond acceptors (Lipinski definition) is 5. The number of imidazole rings is 1. The molecule has 2 bridgehead atoms. The molecule has 0 radical (unpaired) electrons. The number of hydrogen-bond donors (Lipinski definition) is 3. The normalized spacial score (nSPS) is 34.1. The Hall–Kier alpha value is -3.21. The SMILES string of the molecule is C[C@@H]1C(O)(c2ccc(NC(=O)c3ncc(C#N)[nH]3)c(C3=CCC(C)(C)CC3)c2)[C@H](C)[C@]2(C)C=C[C@@]1(C)O2. The second-order valence-corrected chi connectivity index (χ2v) is 12.1. The second kappa shape index (κ2) is 8.41. The van der Waals surface area contributed by atoms with Crippen molar-refractivity contribution in [3.63, 3.8) is 0 Å². The molecule has 1 aliphatic carbocycles. The summed E-state index contributed by atoms with van der Waals surface area (Å²) in [6.45, 7) is 12.7. The molecule has 1 fully saturated rings. The molecule has 5 rings (SSSR count). The number of ether oxygens (including phenoxy) is 1. The van der Waals surface area contributed by atoms with Crippen LogP contribution in [0, 0.1) is 28.6 Å². The van der Waals surface area contributed by atoms with Crippen LogP contribution in [0.2, 0.25) is 0 Å². The third kappa shape index (κ3) is 4.03. The molecular formula is C30H36N4O3. The Kier molecular flexibility index (Phi) is 5.78. The van der Waals surface area contributed by atoms with Crippen molar-refractivity contribution >= 4 is 17.2 Å². The van der Waals surface area contributed by atoms with Gasteiger partial charge in [0.15, 0.2) is 5.82 Å². The number of aromatic amines is 1. The van der Waals surface area contributed by atoms with Gasteiger partial charge in [0.1, 0.15) is 17.4 Å². The first-order chi connectivity index (χ1) is 17.3. The van der Waals surface area contributed by atoms with Gasteiger partial charge in [-0.25, -0.2) is 4.98 Å². The summed E-state index contributed by atoms with van der Waals surface area (Å²) in [4.78, 5) is 19.8. The topological polar surface area (TPSA) is 111 Å². The lowest BCUT2D eigenvalue weighted by Crippen LogP contribution is -2.61. The Balaban J connectivity index is 1.58. The minimum absolute atomic E-state index is 0.0825. The van der Waals surface area contributed by atoms with E-state index in [0.717, 1.165) is 36.0 Å². The van der Waals surface area contributed by atoms with Crippen LogP contribution in [-0.4, -0.2) is 32.2 Å². The predicted octanol–water partition coefficient (Wildman–Crippen LogP) is 5.70. The number of rotatable bonds is 4. The monoisotopic (exact) mass is 500 g/mol. The molecule has 2 aliphatic heterocycles. The maximum atomic E-state index is 13.0. The minimum Gasteiger partial charge on any atom is -0.384 e. The lowest BCUT2D eigenvalue weighted by atomic mass is 9.62. The van der Waals surface area contributed by atoms with E-state index in [1.165, 1.54) is 6.20 Å². The van der Waals surface area contributed by atoms with E-state index in [4.69, 9.17) is 10.00 Å². The number of allylic oxidation sites excluding steroid dienone is 2. The summed E-state index contributed by atoms with van der Waals surface area (Å²) in [5, 5.41) is 24.5. The molecule has 2 aromatic rings. The number of nitrogens with one attached hydrogen (secondary N) is 2. The summed E-state index contributed by atoms with van der Waals surface area (Å²) < 4.78 is 6.45. The number of amides is 1. The molecule has 1 unspecified atom stereocenters. The van der Waals surface area contributed by atoms with Gasteiger partial charge < -0.3 is 20.1 Å². The van der Waals surface area contributed by atoms with E-state index < -0.39 is 22.7 Å². The Morgan fingerprint density at radius 3 is 2.43 bits per heavy atom. The van der Waals surface area contributed by atoms with E-state index in [1.807, 2.05) is 52.0 Å². The molecule has 194 valence electrons. The summed E-state index contributed by atoms with van der Waals surface area (Å²) in [6.07, 6.45) is 10.6. The maximum absolute atomic E-state index is 13.0. The van der Waals surface area contributed by atoms with Gasteiger partial charge in [-0.1, -0.05) is 52.0 Å². The fourth-order valence-electron chi connectivity index (χ4n) is 6.25. The highest BCUT2D eigenvalue weighted by atomic mass is 16.5. The molecule has 1 saturated heterocycles. The van der Waals surface area contributed by atoms with E-state index in [9.17, 15) is 9.90 Å². The third-order valence-corrected chi connectivity index (χ3v) is 9.18. The lowest BCUT2D eigenvalue weighted by molar-refractivity contribution is -0.257. The van der Waals surface area contributed by atoms with Gasteiger partial charge in [0.2, 0.25) is 0 Å². The zero-order valence-electron chi connectivity index (χ0n) is 22.5. The zero-order chi connectivity index (χ0) is 26.8. The fraction of sp³-hybridized carbons (Fsp3) is 0.500. The Labute approximate surface area is 218 Å². The van der Waals surface area contributed by atoms with Crippen LogP contribution in [0.3, 0.4) is 0 Å². The number of benzene rings is 1.